The van der Waals surface area contributed by atoms with Gasteiger partial charge in [-0.05, 0) is 43.9 Å². The molecule has 0 aromatic carbocycles. The van der Waals surface area contributed by atoms with Crippen molar-refractivity contribution in [3.05, 3.63) is 58.2 Å². The first-order valence-corrected chi connectivity index (χ1v) is 8.20. The second-order valence-electron chi connectivity index (χ2n) is 4.76. The van der Waals surface area contributed by atoms with Gasteiger partial charge in [-0.15, -0.1) is 0 Å². The average molecular weight is 276 g/mol. The first-order valence-electron chi connectivity index (χ1n) is 6.88. The van der Waals surface area contributed by atoms with Gasteiger partial charge in [0.2, 0.25) is 0 Å². The van der Waals surface area contributed by atoms with Gasteiger partial charge in [0.05, 0.1) is 5.31 Å². The molecule has 0 radical (unpaired) electrons. The summed E-state index contributed by atoms with van der Waals surface area (Å²) in [7, 11) is -2.17. The maximum Gasteiger partial charge on any atom is 0.266 e. The van der Waals surface area contributed by atoms with Crippen molar-refractivity contribution in [3.8, 4) is 0 Å². The monoisotopic (exact) mass is 276 g/mol. The van der Waals surface area contributed by atoms with E-state index in [4.69, 9.17) is 4.52 Å². The fourth-order valence-electron chi connectivity index (χ4n) is 2.36. The van der Waals surface area contributed by atoms with Crippen molar-refractivity contribution in [1.29, 1.82) is 0 Å². The maximum atomic E-state index is 12.3. The molecule has 1 unspecified atom stereocenters. The van der Waals surface area contributed by atoms with Crippen molar-refractivity contribution in [2.45, 2.75) is 40.0 Å². The molecular formula is C16H21O2P. The molecule has 1 aliphatic heterocycles. The Hall–Kier alpha value is -1.27. The standard InChI is InChI=1S/C16H21O2P/c1-4-6-10-15-13(5-2)14-9-7-8-12(3)11-16(14)19(17)18-15/h6,8-11,19H,4-5,7H2,1-3H3/b10-6-. The summed E-state index contributed by atoms with van der Waals surface area (Å²) in [5, 5.41) is 0.877. The molecule has 1 atom stereocenters. The van der Waals surface area contributed by atoms with E-state index in [2.05, 4.69) is 32.1 Å². The molecule has 1 aliphatic carbocycles. The van der Waals surface area contributed by atoms with Gasteiger partial charge in [0.25, 0.3) is 8.03 Å². The van der Waals surface area contributed by atoms with Gasteiger partial charge in [-0.25, -0.2) is 0 Å². The Labute approximate surface area is 116 Å². The zero-order chi connectivity index (χ0) is 13.8. The zero-order valence-electron chi connectivity index (χ0n) is 11.8. The van der Waals surface area contributed by atoms with E-state index < -0.39 is 8.03 Å². The molecule has 0 saturated carbocycles. The van der Waals surface area contributed by atoms with Crippen molar-refractivity contribution in [2.24, 2.45) is 0 Å². The van der Waals surface area contributed by atoms with E-state index in [0.717, 1.165) is 41.5 Å². The topological polar surface area (TPSA) is 26.3 Å². The van der Waals surface area contributed by atoms with E-state index in [9.17, 15) is 4.57 Å². The van der Waals surface area contributed by atoms with Crippen LogP contribution in [0.1, 0.15) is 40.0 Å². The largest absolute Gasteiger partial charge is 0.441 e. The Kier molecular flexibility index (Phi) is 4.66. The second-order valence-corrected chi connectivity index (χ2v) is 6.07. The third kappa shape index (κ3) is 3.01. The van der Waals surface area contributed by atoms with E-state index in [1.807, 2.05) is 19.1 Å². The number of hydrogen-bond acceptors (Lipinski definition) is 2. The minimum atomic E-state index is -2.17. The summed E-state index contributed by atoms with van der Waals surface area (Å²) < 4.78 is 18.0. The molecule has 0 bridgehead atoms. The van der Waals surface area contributed by atoms with Gasteiger partial charge in [-0.1, -0.05) is 37.6 Å². The fraction of sp³-hybridized carbons (Fsp3) is 0.375. The summed E-state index contributed by atoms with van der Waals surface area (Å²) in [6.07, 6.45) is 13.1. The van der Waals surface area contributed by atoms with Crippen molar-refractivity contribution in [1.82, 2.24) is 0 Å². The molecule has 0 N–H and O–H groups in total. The summed E-state index contributed by atoms with van der Waals surface area (Å²) in [6, 6.07) is 0. The van der Waals surface area contributed by atoms with Crippen LogP contribution in [-0.2, 0) is 9.09 Å². The lowest BCUT2D eigenvalue weighted by Gasteiger charge is -2.23. The third-order valence-electron chi connectivity index (χ3n) is 3.33. The third-order valence-corrected chi connectivity index (χ3v) is 4.59. The number of fused-ring (bicyclic) bond motifs is 1. The van der Waals surface area contributed by atoms with E-state index in [1.54, 1.807) is 0 Å². The average Bonchev–Trinajstić information content (AvgIpc) is 2.58. The fourth-order valence-corrected chi connectivity index (χ4v) is 3.68. The smallest absolute Gasteiger partial charge is 0.266 e. The first-order chi connectivity index (χ1) is 9.17. The van der Waals surface area contributed by atoms with Crippen LogP contribution in [0, 0.1) is 0 Å². The molecule has 1 heterocycles. The van der Waals surface area contributed by atoms with Gasteiger partial charge >= 0.3 is 0 Å². The highest BCUT2D eigenvalue weighted by Crippen LogP contribution is 2.50. The Morgan fingerprint density at radius 3 is 2.84 bits per heavy atom. The molecule has 19 heavy (non-hydrogen) atoms. The molecule has 0 spiro atoms. The van der Waals surface area contributed by atoms with E-state index in [-0.39, 0.29) is 0 Å². The normalized spacial score (nSPS) is 23.3. The lowest BCUT2D eigenvalue weighted by Crippen LogP contribution is -2.03. The molecule has 2 nitrogen and oxygen atoms in total. The highest BCUT2D eigenvalue weighted by atomic mass is 31.1. The summed E-state index contributed by atoms with van der Waals surface area (Å²) in [5.41, 5.74) is 3.45. The van der Waals surface area contributed by atoms with Gasteiger partial charge in [0, 0.05) is 5.57 Å². The van der Waals surface area contributed by atoms with Crippen LogP contribution in [-0.4, -0.2) is 0 Å². The molecule has 0 aromatic heterocycles. The van der Waals surface area contributed by atoms with Crippen LogP contribution in [0.25, 0.3) is 0 Å². The molecular weight excluding hydrogens is 255 g/mol. The quantitative estimate of drug-likeness (QED) is 0.655. The summed E-state index contributed by atoms with van der Waals surface area (Å²) >= 11 is 0. The molecule has 2 rings (SSSR count). The molecule has 0 fully saturated rings. The lowest BCUT2D eigenvalue weighted by atomic mass is 10.00. The van der Waals surface area contributed by atoms with Gasteiger partial charge < -0.3 is 4.52 Å². The summed E-state index contributed by atoms with van der Waals surface area (Å²) in [5.74, 6) is 0.788. The van der Waals surface area contributed by atoms with E-state index >= 15 is 0 Å². The van der Waals surface area contributed by atoms with Gasteiger partial charge in [0.1, 0.15) is 5.76 Å². The Bertz CT molecular complexity index is 545. The predicted octanol–water partition coefficient (Wildman–Crippen LogP) is 5.28. The summed E-state index contributed by atoms with van der Waals surface area (Å²) in [6.45, 7) is 6.24. The van der Waals surface area contributed by atoms with Crippen molar-refractivity contribution in [2.75, 3.05) is 0 Å². The van der Waals surface area contributed by atoms with Crippen molar-refractivity contribution < 1.29 is 9.09 Å². The molecule has 3 heteroatoms. The first kappa shape index (κ1) is 14.1. The van der Waals surface area contributed by atoms with Crippen molar-refractivity contribution >= 4 is 8.03 Å². The highest BCUT2D eigenvalue weighted by molar-refractivity contribution is 7.45. The Morgan fingerprint density at radius 2 is 2.16 bits per heavy atom. The number of hydrogen-bond donors (Lipinski definition) is 0. The van der Waals surface area contributed by atoms with Crippen LogP contribution in [0.15, 0.2) is 58.2 Å². The minimum Gasteiger partial charge on any atom is -0.441 e. The van der Waals surface area contributed by atoms with Crippen LogP contribution in [0.4, 0.5) is 0 Å². The molecule has 0 saturated heterocycles. The Balaban J connectivity index is 2.52. The molecule has 0 amide bonds. The van der Waals surface area contributed by atoms with E-state index in [1.165, 1.54) is 5.57 Å². The van der Waals surface area contributed by atoms with Gasteiger partial charge in [0.15, 0.2) is 0 Å². The highest BCUT2D eigenvalue weighted by Gasteiger charge is 2.26. The van der Waals surface area contributed by atoms with Crippen LogP contribution >= 0.6 is 8.03 Å². The van der Waals surface area contributed by atoms with Crippen LogP contribution in [0.2, 0.25) is 0 Å². The van der Waals surface area contributed by atoms with Crippen molar-refractivity contribution in [3.63, 3.8) is 0 Å². The summed E-state index contributed by atoms with van der Waals surface area (Å²) in [4.78, 5) is 0. The van der Waals surface area contributed by atoms with Crippen LogP contribution in [0.5, 0.6) is 0 Å². The molecule has 2 aliphatic rings. The number of rotatable bonds is 3. The van der Waals surface area contributed by atoms with Crippen LogP contribution in [0.3, 0.4) is 0 Å². The minimum absolute atomic E-state index is 0.788. The predicted molar refractivity (Wildman–Crippen MR) is 81.4 cm³/mol. The van der Waals surface area contributed by atoms with Gasteiger partial charge in [-0.2, -0.15) is 0 Å². The van der Waals surface area contributed by atoms with Gasteiger partial charge in [-0.3, -0.25) is 4.57 Å². The Morgan fingerprint density at radius 1 is 1.37 bits per heavy atom. The second kappa shape index (κ2) is 6.25. The lowest BCUT2D eigenvalue weighted by molar-refractivity contribution is 0.433. The number of allylic oxidation sites excluding steroid dienone is 9. The van der Waals surface area contributed by atoms with Crippen LogP contribution < -0.4 is 0 Å². The zero-order valence-corrected chi connectivity index (χ0v) is 12.8. The molecule has 0 aromatic rings. The van der Waals surface area contributed by atoms with E-state index in [0.29, 0.717) is 0 Å². The molecule has 102 valence electrons. The SMILES string of the molecule is CC/C=C\C1=C(CC)C2=CCC=C(C)C=C2[PH](=O)O1. The maximum absolute atomic E-state index is 12.3.